The molecule has 3 aromatic rings. The van der Waals surface area contributed by atoms with Crippen LogP contribution in [0.4, 0.5) is 10.3 Å². The summed E-state index contributed by atoms with van der Waals surface area (Å²) in [5, 5.41) is 7.75. The average Bonchev–Trinajstić information content (AvgIpc) is 2.87. The van der Waals surface area contributed by atoms with Crippen molar-refractivity contribution in [2.24, 2.45) is 0 Å². The minimum Gasteiger partial charge on any atom is -0.351 e. The first kappa shape index (κ1) is 17.6. The maximum absolute atomic E-state index is 13.8. The second-order valence-electron chi connectivity index (χ2n) is 7.52. The molecule has 1 N–H and O–H groups in total. The van der Waals surface area contributed by atoms with Crippen LogP contribution in [0, 0.1) is 6.92 Å². The first-order chi connectivity index (χ1) is 12.9. The van der Waals surface area contributed by atoms with Crippen LogP contribution in [0.3, 0.4) is 0 Å². The highest BCUT2D eigenvalue weighted by atomic mass is 19.1. The molecule has 0 radical (unpaired) electrons. The third-order valence-electron chi connectivity index (χ3n) is 4.60. The Hall–Kier alpha value is -2.83. The molecule has 3 heterocycles. The topological polar surface area (TPSA) is 68.0 Å². The van der Waals surface area contributed by atoms with Crippen LogP contribution in [0.15, 0.2) is 30.6 Å². The molecule has 0 spiro atoms. The van der Waals surface area contributed by atoms with Crippen molar-refractivity contribution in [3.05, 3.63) is 53.2 Å². The van der Waals surface area contributed by atoms with Gasteiger partial charge in [-0.05, 0) is 52.2 Å². The number of aryl methyl sites for hydroxylation is 2. The molecule has 1 aliphatic rings. The largest absolute Gasteiger partial charge is 0.351 e. The Labute approximate surface area is 157 Å². The van der Waals surface area contributed by atoms with E-state index in [-0.39, 0.29) is 6.54 Å². The summed E-state index contributed by atoms with van der Waals surface area (Å²) >= 11 is 0. The van der Waals surface area contributed by atoms with Crippen LogP contribution in [0.2, 0.25) is 0 Å². The van der Waals surface area contributed by atoms with E-state index in [1.165, 1.54) is 13.8 Å². The lowest BCUT2D eigenvalue weighted by molar-refractivity contribution is 0.234. The van der Waals surface area contributed by atoms with Gasteiger partial charge >= 0.3 is 0 Å². The number of halogens is 1. The van der Waals surface area contributed by atoms with E-state index >= 15 is 0 Å². The smallest absolute Gasteiger partial charge is 0.222 e. The summed E-state index contributed by atoms with van der Waals surface area (Å²) in [5.74, 6) is 0.467. The predicted molar refractivity (Wildman–Crippen MR) is 103 cm³/mol. The molecule has 0 aromatic carbocycles. The molecule has 6 nitrogen and oxygen atoms in total. The lowest BCUT2D eigenvalue weighted by atomic mass is 10.0. The first-order valence-electron chi connectivity index (χ1n) is 9.22. The van der Waals surface area contributed by atoms with E-state index in [2.05, 4.69) is 26.3 Å². The van der Waals surface area contributed by atoms with Gasteiger partial charge < -0.3 is 5.32 Å². The van der Waals surface area contributed by atoms with Crippen molar-refractivity contribution in [2.75, 3.05) is 11.9 Å². The van der Waals surface area contributed by atoms with Crippen LogP contribution in [0.1, 0.15) is 49.3 Å². The van der Waals surface area contributed by atoms with Crippen molar-refractivity contribution in [3.63, 3.8) is 0 Å². The maximum Gasteiger partial charge on any atom is 0.222 e. The molecule has 0 saturated carbocycles. The second kappa shape index (κ2) is 6.72. The zero-order valence-corrected chi connectivity index (χ0v) is 15.8. The fourth-order valence-corrected chi connectivity index (χ4v) is 3.21. The SMILES string of the molecule is Cc1cnc2ccc(C3=CCCCc4nc(NCC(C)(C)F)ncc43)nn12. The first-order valence-corrected chi connectivity index (χ1v) is 9.22. The lowest BCUT2D eigenvalue weighted by Crippen LogP contribution is -2.25. The third-order valence-corrected chi connectivity index (χ3v) is 4.60. The summed E-state index contributed by atoms with van der Waals surface area (Å²) in [4.78, 5) is 13.4. The van der Waals surface area contributed by atoms with Crippen LogP contribution in [-0.2, 0) is 6.42 Å². The lowest BCUT2D eigenvalue weighted by Gasteiger charge is -2.16. The molecule has 0 aliphatic heterocycles. The van der Waals surface area contributed by atoms with Crippen LogP contribution in [-0.4, -0.2) is 36.8 Å². The molecule has 140 valence electrons. The Kier molecular flexibility index (Phi) is 4.37. The highest BCUT2D eigenvalue weighted by Gasteiger charge is 2.19. The summed E-state index contributed by atoms with van der Waals surface area (Å²) in [6.07, 6.45) is 8.66. The number of anilines is 1. The van der Waals surface area contributed by atoms with Crippen LogP contribution < -0.4 is 5.32 Å². The van der Waals surface area contributed by atoms with Crippen molar-refractivity contribution < 1.29 is 4.39 Å². The predicted octanol–water partition coefficient (Wildman–Crippen LogP) is 3.76. The molecule has 7 heteroatoms. The maximum atomic E-state index is 13.8. The minimum atomic E-state index is -1.32. The highest BCUT2D eigenvalue weighted by Crippen LogP contribution is 2.29. The minimum absolute atomic E-state index is 0.173. The molecule has 0 saturated heterocycles. The Morgan fingerprint density at radius 3 is 2.89 bits per heavy atom. The van der Waals surface area contributed by atoms with E-state index in [4.69, 9.17) is 5.10 Å². The van der Waals surface area contributed by atoms with Gasteiger partial charge in [0.05, 0.1) is 29.8 Å². The third kappa shape index (κ3) is 3.67. The number of aromatic nitrogens is 5. The summed E-state index contributed by atoms with van der Waals surface area (Å²) < 4.78 is 15.6. The van der Waals surface area contributed by atoms with E-state index in [1.807, 2.05) is 36.0 Å². The Balaban J connectivity index is 1.70. The molecular weight excluding hydrogens is 343 g/mol. The van der Waals surface area contributed by atoms with Gasteiger partial charge in [0.15, 0.2) is 5.65 Å². The fourth-order valence-electron chi connectivity index (χ4n) is 3.21. The summed E-state index contributed by atoms with van der Waals surface area (Å²) in [6.45, 7) is 5.22. The van der Waals surface area contributed by atoms with E-state index < -0.39 is 5.67 Å². The molecule has 0 fully saturated rings. The van der Waals surface area contributed by atoms with Gasteiger partial charge in [0.1, 0.15) is 5.67 Å². The number of fused-ring (bicyclic) bond motifs is 2. The number of nitrogens with one attached hydrogen (secondary N) is 1. The summed E-state index contributed by atoms with van der Waals surface area (Å²) in [5.41, 5.74) is 4.37. The molecule has 0 atom stereocenters. The van der Waals surface area contributed by atoms with E-state index in [9.17, 15) is 4.39 Å². The van der Waals surface area contributed by atoms with Gasteiger partial charge in [-0.2, -0.15) is 5.10 Å². The van der Waals surface area contributed by atoms with Crippen molar-refractivity contribution in [3.8, 4) is 0 Å². The van der Waals surface area contributed by atoms with Gasteiger partial charge in [0, 0.05) is 17.3 Å². The van der Waals surface area contributed by atoms with Gasteiger partial charge in [-0.3, -0.25) is 0 Å². The normalized spacial score (nSPS) is 14.6. The van der Waals surface area contributed by atoms with E-state index in [0.717, 1.165) is 53.1 Å². The van der Waals surface area contributed by atoms with Crippen molar-refractivity contribution >= 4 is 17.2 Å². The highest BCUT2D eigenvalue weighted by molar-refractivity contribution is 5.79. The molecule has 0 unspecified atom stereocenters. The van der Waals surface area contributed by atoms with Crippen LogP contribution in [0.25, 0.3) is 11.2 Å². The summed E-state index contributed by atoms with van der Waals surface area (Å²) in [7, 11) is 0. The average molecular weight is 366 g/mol. The molecule has 27 heavy (non-hydrogen) atoms. The zero-order valence-electron chi connectivity index (χ0n) is 15.8. The van der Waals surface area contributed by atoms with Crippen molar-refractivity contribution in [2.45, 2.75) is 45.7 Å². The standard InChI is InChI=1S/C20H23FN6/c1-13-10-22-18-9-8-17(26-27(13)18)14-6-4-5-7-16-15(14)11-23-19(25-16)24-12-20(2,3)21/h6,8-11H,4-5,7,12H2,1-3H3,(H,23,24,25). The second-order valence-corrected chi connectivity index (χ2v) is 7.52. The van der Waals surface area contributed by atoms with Crippen molar-refractivity contribution in [1.29, 1.82) is 0 Å². The van der Waals surface area contributed by atoms with Crippen LogP contribution in [0.5, 0.6) is 0 Å². The Morgan fingerprint density at radius 2 is 2.07 bits per heavy atom. The monoisotopic (exact) mass is 366 g/mol. The fraction of sp³-hybridized carbons (Fsp3) is 0.400. The number of allylic oxidation sites excluding steroid dienone is 1. The molecule has 0 amide bonds. The molecular formula is C20H23FN6. The Bertz CT molecular complexity index is 1010. The Morgan fingerprint density at radius 1 is 1.22 bits per heavy atom. The number of rotatable bonds is 4. The number of imidazole rings is 1. The number of hydrogen-bond donors (Lipinski definition) is 1. The molecule has 0 bridgehead atoms. The van der Waals surface area contributed by atoms with Gasteiger partial charge in [-0.15, -0.1) is 0 Å². The van der Waals surface area contributed by atoms with E-state index in [0.29, 0.717) is 5.95 Å². The van der Waals surface area contributed by atoms with Crippen LogP contribution >= 0.6 is 0 Å². The number of nitrogens with zero attached hydrogens (tertiary/aromatic N) is 5. The molecule has 3 aromatic heterocycles. The van der Waals surface area contributed by atoms with Gasteiger partial charge in [-0.1, -0.05) is 6.08 Å². The van der Waals surface area contributed by atoms with Gasteiger partial charge in [0.25, 0.3) is 0 Å². The quantitative estimate of drug-likeness (QED) is 0.761. The molecule has 1 aliphatic carbocycles. The van der Waals surface area contributed by atoms with Crippen molar-refractivity contribution in [1.82, 2.24) is 24.6 Å². The zero-order chi connectivity index (χ0) is 19.0. The molecule has 4 rings (SSSR count). The van der Waals surface area contributed by atoms with Gasteiger partial charge in [-0.25, -0.2) is 23.9 Å². The number of hydrogen-bond acceptors (Lipinski definition) is 5. The number of alkyl halides is 1. The summed E-state index contributed by atoms with van der Waals surface area (Å²) in [6, 6.07) is 3.96. The van der Waals surface area contributed by atoms with Gasteiger partial charge in [0.2, 0.25) is 5.95 Å². The van der Waals surface area contributed by atoms with E-state index in [1.54, 1.807) is 0 Å².